The summed E-state index contributed by atoms with van der Waals surface area (Å²) in [6.07, 6.45) is 1.85. The fraction of sp³-hybridized carbons (Fsp3) is 0.412. The van der Waals surface area contributed by atoms with Gasteiger partial charge >= 0.3 is 5.97 Å². The van der Waals surface area contributed by atoms with Gasteiger partial charge in [0.05, 0.1) is 5.52 Å². The number of pyridine rings is 1. The lowest BCUT2D eigenvalue weighted by molar-refractivity contribution is 0.0684. The van der Waals surface area contributed by atoms with Gasteiger partial charge in [0.15, 0.2) is 5.43 Å². The highest BCUT2D eigenvalue weighted by atomic mass is 16.4. The third kappa shape index (κ3) is 2.84. The zero-order chi connectivity index (χ0) is 15.6. The molecule has 112 valence electrons. The number of carbonyl (C=O) groups is 1. The van der Waals surface area contributed by atoms with Gasteiger partial charge in [-0.25, -0.2) is 4.79 Å². The van der Waals surface area contributed by atoms with Crippen LogP contribution in [0.5, 0.6) is 0 Å². The molecule has 2 rings (SSSR count). The monoisotopic (exact) mass is 287 g/mol. The lowest BCUT2D eigenvalue weighted by Gasteiger charge is -2.18. The average molecular weight is 287 g/mol. The van der Waals surface area contributed by atoms with Crippen molar-refractivity contribution in [3.8, 4) is 0 Å². The first-order chi connectivity index (χ1) is 9.97. The standard InChI is InChI=1S/C17H21NO3/c1-4-5-9-18-14(17(20)21)10-15(19)13-8-6-7-12(11(2)3)16(13)18/h6-8,10-11H,4-5,9H2,1-3H3,(H,20,21). The van der Waals surface area contributed by atoms with E-state index in [2.05, 4.69) is 20.8 Å². The summed E-state index contributed by atoms with van der Waals surface area (Å²) in [7, 11) is 0. The Morgan fingerprint density at radius 3 is 2.62 bits per heavy atom. The Labute approximate surface area is 124 Å². The number of aromatic nitrogens is 1. The van der Waals surface area contributed by atoms with E-state index in [0.717, 1.165) is 23.9 Å². The first-order valence-electron chi connectivity index (χ1n) is 7.37. The van der Waals surface area contributed by atoms with Gasteiger partial charge in [0.1, 0.15) is 5.69 Å². The Balaban J connectivity index is 2.90. The number of aryl methyl sites for hydroxylation is 1. The minimum atomic E-state index is -1.05. The van der Waals surface area contributed by atoms with E-state index in [1.54, 1.807) is 10.6 Å². The van der Waals surface area contributed by atoms with Crippen LogP contribution in [0, 0.1) is 0 Å². The molecule has 1 N–H and O–H groups in total. The molecule has 4 heteroatoms. The minimum absolute atomic E-state index is 0.0778. The number of unbranched alkanes of at least 4 members (excludes halogenated alkanes) is 1. The van der Waals surface area contributed by atoms with Crippen molar-refractivity contribution in [1.82, 2.24) is 4.57 Å². The molecule has 0 aliphatic carbocycles. The molecule has 4 nitrogen and oxygen atoms in total. The third-order valence-corrected chi connectivity index (χ3v) is 3.74. The Morgan fingerprint density at radius 1 is 1.33 bits per heavy atom. The van der Waals surface area contributed by atoms with Gasteiger partial charge in [-0.2, -0.15) is 0 Å². The molecule has 0 spiro atoms. The molecule has 0 aliphatic heterocycles. The van der Waals surface area contributed by atoms with Crippen LogP contribution in [0.25, 0.3) is 10.9 Å². The van der Waals surface area contributed by atoms with Gasteiger partial charge in [-0.1, -0.05) is 39.3 Å². The molecule has 0 unspecified atom stereocenters. The molecule has 1 aromatic heterocycles. The predicted octanol–water partition coefficient (Wildman–Crippen LogP) is 3.62. The van der Waals surface area contributed by atoms with Crippen molar-refractivity contribution in [2.75, 3.05) is 0 Å². The number of benzene rings is 1. The van der Waals surface area contributed by atoms with E-state index in [4.69, 9.17) is 0 Å². The summed E-state index contributed by atoms with van der Waals surface area (Å²) in [4.78, 5) is 23.7. The third-order valence-electron chi connectivity index (χ3n) is 3.74. The number of rotatable bonds is 5. The van der Waals surface area contributed by atoms with Crippen molar-refractivity contribution in [2.45, 2.75) is 46.1 Å². The number of aromatic carboxylic acids is 1. The van der Waals surface area contributed by atoms with E-state index < -0.39 is 5.97 Å². The minimum Gasteiger partial charge on any atom is -0.477 e. The second-order valence-electron chi connectivity index (χ2n) is 5.60. The summed E-state index contributed by atoms with van der Waals surface area (Å²) in [5.41, 5.74) is 1.64. The zero-order valence-corrected chi connectivity index (χ0v) is 12.7. The zero-order valence-electron chi connectivity index (χ0n) is 12.7. The van der Waals surface area contributed by atoms with Crippen molar-refractivity contribution < 1.29 is 9.90 Å². The highest BCUT2D eigenvalue weighted by Gasteiger charge is 2.17. The van der Waals surface area contributed by atoms with Gasteiger partial charge in [0, 0.05) is 18.0 Å². The molecular formula is C17H21NO3. The second kappa shape index (κ2) is 6.12. The van der Waals surface area contributed by atoms with Crippen molar-refractivity contribution in [2.24, 2.45) is 0 Å². The first-order valence-corrected chi connectivity index (χ1v) is 7.37. The fourth-order valence-corrected chi connectivity index (χ4v) is 2.65. The molecule has 0 radical (unpaired) electrons. The van der Waals surface area contributed by atoms with Gasteiger partial charge < -0.3 is 9.67 Å². The second-order valence-corrected chi connectivity index (χ2v) is 5.60. The summed E-state index contributed by atoms with van der Waals surface area (Å²) < 4.78 is 1.79. The number of hydrogen-bond donors (Lipinski definition) is 1. The van der Waals surface area contributed by atoms with Gasteiger partial charge in [-0.3, -0.25) is 4.79 Å². The van der Waals surface area contributed by atoms with Crippen molar-refractivity contribution in [3.63, 3.8) is 0 Å². The Hall–Kier alpha value is -2.10. The first kappa shape index (κ1) is 15.3. The van der Waals surface area contributed by atoms with Gasteiger partial charge in [-0.05, 0) is 24.0 Å². The maximum atomic E-state index is 12.2. The van der Waals surface area contributed by atoms with Crippen LogP contribution in [-0.2, 0) is 6.54 Å². The lowest BCUT2D eigenvalue weighted by Crippen LogP contribution is -2.19. The van der Waals surface area contributed by atoms with Crippen LogP contribution in [0.3, 0.4) is 0 Å². The van der Waals surface area contributed by atoms with E-state index in [-0.39, 0.29) is 17.0 Å². The van der Waals surface area contributed by atoms with Crippen molar-refractivity contribution >= 4 is 16.9 Å². The summed E-state index contributed by atoms with van der Waals surface area (Å²) in [5.74, 6) is -0.825. The maximum Gasteiger partial charge on any atom is 0.352 e. The summed E-state index contributed by atoms with van der Waals surface area (Å²) in [6, 6.07) is 6.85. The van der Waals surface area contributed by atoms with Gasteiger partial charge in [0.25, 0.3) is 0 Å². The van der Waals surface area contributed by atoms with Gasteiger partial charge in [0.2, 0.25) is 0 Å². The molecule has 1 aromatic carbocycles. The van der Waals surface area contributed by atoms with Crippen LogP contribution in [0.4, 0.5) is 0 Å². The summed E-state index contributed by atoms with van der Waals surface area (Å²) in [5, 5.41) is 10.0. The van der Waals surface area contributed by atoms with Crippen LogP contribution in [-0.4, -0.2) is 15.6 Å². The van der Waals surface area contributed by atoms with Crippen molar-refractivity contribution in [1.29, 1.82) is 0 Å². The van der Waals surface area contributed by atoms with E-state index in [9.17, 15) is 14.7 Å². The topological polar surface area (TPSA) is 59.3 Å². The van der Waals surface area contributed by atoms with Crippen molar-refractivity contribution in [3.05, 3.63) is 45.7 Å². The molecule has 0 aliphatic rings. The molecule has 0 bridgehead atoms. The Bertz CT molecular complexity index is 729. The molecule has 0 fully saturated rings. The summed E-state index contributed by atoms with van der Waals surface area (Å²) in [6.45, 7) is 6.78. The predicted molar refractivity (Wildman–Crippen MR) is 84.2 cm³/mol. The summed E-state index contributed by atoms with van der Waals surface area (Å²) >= 11 is 0. The van der Waals surface area contributed by atoms with Crippen LogP contribution in [0.1, 0.15) is 55.6 Å². The molecule has 0 amide bonds. The highest BCUT2D eigenvalue weighted by molar-refractivity contribution is 5.91. The van der Waals surface area contributed by atoms with Crippen LogP contribution in [0.2, 0.25) is 0 Å². The van der Waals surface area contributed by atoms with Crippen LogP contribution in [0.15, 0.2) is 29.1 Å². The highest BCUT2D eigenvalue weighted by Crippen LogP contribution is 2.25. The molecule has 0 atom stereocenters. The lowest BCUT2D eigenvalue weighted by atomic mass is 9.98. The number of carboxylic acid groups (broad SMARTS) is 1. The van der Waals surface area contributed by atoms with E-state index in [0.29, 0.717) is 11.9 Å². The Kier molecular flexibility index (Phi) is 4.46. The molecular weight excluding hydrogens is 266 g/mol. The van der Waals surface area contributed by atoms with Crippen LogP contribution >= 0.6 is 0 Å². The largest absolute Gasteiger partial charge is 0.477 e. The number of nitrogens with zero attached hydrogens (tertiary/aromatic N) is 1. The number of carboxylic acids is 1. The molecule has 0 saturated carbocycles. The molecule has 21 heavy (non-hydrogen) atoms. The quantitative estimate of drug-likeness (QED) is 0.913. The number of hydrogen-bond acceptors (Lipinski definition) is 2. The van der Waals surface area contributed by atoms with E-state index in [1.165, 1.54) is 6.07 Å². The average Bonchev–Trinajstić information content (AvgIpc) is 2.45. The molecule has 1 heterocycles. The van der Waals surface area contributed by atoms with E-state index in [1.807, 2.05) is 12.1 Å². The number of fused-ring (bicyclic) bond motifs is 1. The Morgan fingerprint density at radius 2 is 2.05 bits per heavy atom. The number of para-hydroxylation sites is 1. The molecule has 0 saturated heterocycles. The normalized spacial score (nSPS) is 11.2. The van der Waals surface area contributed by atoms with Gasteiger partial charge in [-0.15, -0.1) is 0 Å². The van der Waals surface area contributed by atoms with Crippen LogP contribution < -0.4 is 5.43 Å². The fourth-order valence-electron chi connectivity index (χ4n) is 2.65. The maximum absolute atomic E-state index is 12.2. The SMILES string of the molecule is CCCCn1c(C(=O)O)cc(=O)c2cccc(C(C)C)c21. The molecule has 2 aromatic rings. The smallest absolute Gasteiger partial charge is 0.352 e. The van der Waals surface area contributed by atoms with E-state index >= 15 is 0 Å².